The fourth-order valence-electron chi connectivity index (χ4n) is 2.81. The Hall–Kier alpha value is -3.31. The van der Waals surface area contributed by atoms with Gasteiger partial charge in [-0.25, -0.2) is 22.4 Å². The van der Waals surface area contributed by atoms with E-state index in [2.05, 4.69) is 10.1 Å². The first kappa shape index (κ1) is 25.0. The zero-order valence-electron chi connectivity index (χ0n) is 17.8. The smallest absolute Gasteiger partial charge is 0.339 e. The topological polar surface area (TPSA) is 119 Å². The van der Waals surface area contributed by atoms with E-state index >= 15 is 0 Å². The number of esters is 2. The minimum Gasteiger partial charge on any atom is -0.465 e. The maximum Gasteiger partial charge on any atom is 0.339 e. The average molecular weight is 466 g/mol. The van der Waals surface area contributed by atoms with Gasteiger partial charge in [0.05, 0.1) is 23.9 Å². The predicted molar refractivity (Wildman–Crippen MR) is 113 cm³/mol. The van der Waals surface area contributed by atoms with Crippen LogP contribution in [-0.4, -0.2) is 57.4 Å². The zero-order chi connectivity index (χ0) is 23.9. The Labute approximate surface area is 185 Å². The molecule has 1 amide bonds. The van der Waals surface area contributed by atoms with Gasteiger partial charge in [-0.2, -0.15) is 4.31 Å². The summed E-state index contributed by atoms with van der Waals surface area (Å²) in [7, 11) is -2.95. The van der Waals surface area contributed by atoms with Gasteiger partial charge >= 0.3 is 11.9 Å². The number of amides is 1. The maximum absolute atomic E-state index is 14.2. The van der Waals surface area contributed by atoms with Gasteiger partial charge in [-0.05, 0) is 30.3 Å². The number of benzene rings is 2. The third-order valence-corrected chi connectivity index (χ3v) is 6.50. The summed E-state index contributed by atoms with van der Waals surface area (Å²) in [6.07, 6.45) is 0. The van der Waals surface area contributed by atoms with Crippen molar-refractivity contribution in [2.45, 2.75) is 18.7 Å². The highest BCUT2D eigenvalue weighted by Crippen LogP contribution is 2.21. The van der Waals surface area contributed by atoms with Crippen molar-refractivity contribution in [3.05, 3.63) is 59.4 Å². The SMILES string of the molecule is CCN(CC)S(=O)(=O)c1cc(C(=O)OCC(=O)Nc2ccccc2C(=O)OC)ccc1F. The van der Waals surface area contributed by atoms with Gasteiger partial charge in [-0.3, -0.25) is 4.79 Å². The number of rotatable bonds is 9. The van der Waals surface area contributed by atoms with Crippen LogP contribution in [0.3, 0.4) is 0 Å². The summed E-state index contributed by atoms with van der Waals surface area (Å²) >= 11 is 0. The van der Waals surface area contributed by atoms with E-state index in [4.69, 9.17) is 4.74 Å². The summed E-state index contributed by atoms with van der Waals surface area (Å²) in [5, 5.41) is 2.43. The molecule has 0 atom stereocenters. The van der Waals surface area contributed by atoms with Gasteiger partial charge in [0.15, 0.2) is 6.61 Å². The highest BCUT2D eigenvalue weighted by atomic mass is 32.2. The third kappa shape index (κ3) is 5.68. The van der Waals surface area contributed by atoms with Gasteiger partial charge in [-0.15, -0.1) is 0 Å². The fourth-order valence-corrected chi connectivity index (χ4v) is 4.36. The molecule has 0 radical (unpaired) electrons. The summed E-state index contributed by atoms with van der Waals surface area (Å²) in [6.45, 7) is 2.74. The summed E-state index contributed by atoms with van der Waals surface area (Å²) in [5.74, 6) is -3.43. The lowest BCUT2D eigenvalue weighted by Gasteiger charge is -2.19. The molecular weight excluding hydrogens is 443 g/mol. The number of nitrogens with one attached hydrogen (secondary N) is 1. The van der Waals surface area contributed by atoms with E-state index in [1.807, 2.05) is 0 Å². The van der Waals surface area contributed by atoms with Crippen molar-refractivity contribution in [2.75, 3.05) is 32.1 Å². The predicted octanol–water partition coefficient (Wildman–Crippen LogP) is 2.44. The molecule has 0 aliphatic heterocycles. The Morgan fingerprint density at radius 1 is 1.03 bits per heavy atom. The van der Waals surface area contributed by atoms with Crippen molar-refractivity contribution in [3.63, 3.8) is 0 Å². The molecule has 32 heavy (non-hydrogen) atoms. The minimum absolute atomic E-state index is 0.111. The van der Waals surface area contributed by atoms with E-state index in [0.717, 1.165) is 22.5 Å². The molecule has 2 aromatic carbocycles. The number of halogens is 1. The molecule has 2 aromatic rings. The van der Waals surface area contributed by atoms with Gasteiger partial charge in [0.25, 0.3) is 5.91 Å². The van der Waals surface area contributed by atoms with Crippen molar-refractivity contribution in [1.82, 2.24) is 4.31 Å². The number of sulfonamides is 1. The highest BCUT2D eigenvalue weighted by Gasteiger charge is 2.27. The third-order valence-electron chi connectivity index (χ3n) is 4.43. The Bertz CT molecular complexity index is 1110. The minimum atomic E-state index is -4.15. The lowest BCUT2D eigenvalue weighted by Crippen LogP contribution is -2.31. The molecule has 2 rings (SSSR count). The number of ether oxygens (including phenoxy) is 2. The number of hydrogen-bond donors (Lipinski definition) is 1. The molecule has 0 saturated carbocycles. The second-order valence-electron chi connectivity index (χ2n) is 6.40. The molecule has 0 spiro atoms. The van der Waals surface area contributed by atoms with E-state index in [1.54, 1.807) is 26.0 Å². The fraction of sp³-hybridized carbons (Fsp3) is 0.286. The quantitative estimate of drug-likeness (QED) is 0.564. The van der Waals surface area contributed by atoms with Gasteiger partial charge < -0.3 is 14.8 Å². The number of carbonyl (C=O) groups excluding carboxylic acids is 3. The second kappa shape index (κ2) is 10.8. The Balaban J connectivity index is 2.13. The van der Waals surface area contributed by atoms with Crippen molar-refractivity contribution in [1.29, 1.82) is 0 Å². The van der Waals surface area contributed by atoms with E-state index in [9.17, 15) is 27.2 Å². The Morgan fingerprint density at radius 3 is 2.31 bits per heavy atom. The van der Waals surface area contributed by atoms with Crippen molar-refractivity contribution in [3.8, 4) is 0 Å². The number of methoxy groups -OCH3 is 1. The average Bonchev–Trinajstić information content (AvgIpc) is 2.78. The van der Waals surface area contributed by atoms with E-state index in [-0.39, 0.29) is 29.9 Å². The van der Waals surface area contributed by atoms with E-state index in [0.29, 0.717) is 0 Å². The Kier molecular flexibility index (Phi) is 8.44. The molecule has 11 heteroatoms. The monoisotopic (exact) mass is 466 g/mol. The van der Waals surface area contributed by atoms with Crippen LogP contribution in [0.15, 0.2) is 47.4 Å². The summed E-state index contributed by atoms with van der Waals surface area (Å²) < 4.78 is 50.0. The molecule has 0 aliphatic carbocycles. The molecule has 0 saturated heterocycles. The van der Waals surface area contributed by atoms with Crippen LogP contribution in [0.5, 0.6) is 0 Å². The van der Waals surface area contributed by atoms with E-state index in [1.165, 1.54) is 19.2 Å². The van der Waals surface area contributed by atoms with Crippen molar-refractivity contribution < 1.29 is 36.7 Å². The zero-order valence-corrected chi connectivity index (χ0v) is 18.6. The lowest BCUT2D eigenvalue weighted by molar-refractivity contribution is -0.119. The molecule has 0 unspecified atom stereocenters. The molecule has 1 N–H and O–H groups in total. The van der Waals surface area contributed by atoms with Crippen LogP contribution >= 0.6 is 0 Å². The van der Waals surface area contributed by atoms with Crippen LogP contribution in [0.2, 0.25) is 0 Å². The molecule has 0 aliphatic rings. The normalized spacial score (nSPS) is 11.2. The maximum atomic E-state index is 14.2. The molecule has 9 nitrogen and oxygen atoms in total. The van der Waals surface area contributed by atoms with Crippen LogP contribution in [0.25, 0.3) is 0 Å². The van der Waals surface area contributed by atoms with Gasteiger partial charge in [0, 0.05) is 13.1 Å². The van der Waals surface area contributed by atoms with Gasteiger partial charge in [-0.1, -0.05) is 26.0 Å². The van der Waals surface area contributed by atoms with Gasteiger partial charge in [0.1, 0.15) is 10.7 Å². The molecule has 0 bridgehead atoms. The molecule has 0 aromatic heterocycles. The molecule has 0 fully saturated rings. The summed E-state index contributed by atoms with van der Waals surface area (Å²) in [5.41, 5.74) is 0.0362. The summed E-state index contributed by atoms with van der Waals surface area (Å²) in [4.78, 5) is 35.6. The van der Waals surface area contributed by atoms with Crippen LogP contribution in [0, 0.1) is 5.82 Å². The van der Waals surface area contributed by atoms with E-state index < -0.39 is 45.2 Å². The van der Waals surface area contributed by atoms with Crippen LogP contribution in [0.1, 0.15) is 34.6 Å². The first-order valence-electron chi connectivity index (χ1n) is 9.59. The van der Waals surface area contributed by atoms with Crippen molar-refractivity contribution in [2.24, 2.45) is 0 Å². The largest absolute Gasteiger partial charge is 0.465 e. The number of carbonyl (C=O) groups is 3. The van der Waals surface area contributed by atoms with Crippen molar-refractivity contribution >= 4 is 33.6 Å². The Morgan fingerprint density at radius 2 is 1.69 bits per heavy atom. The lowest BCUT2D eigenvalue weighted by atomic mass is 10.2. The van der Waals surface area contributed by atoms with Crippen LogP contribution in [0.4, 0.5) is 10.1 Å². The molecular formula is C21H23FN2O7S. The summed E-state index contributed by atoms with van der Waals surface area (Å²) in [6, 6.07) is 8.86. The second-order valence-corrected chi connectivity index (χ2v) is 8.30. The number of para-hydroxylation sites is 1. The first-order valence-corrected chi connectivity index (χ1v) is 11.0. The number of anilines is 1. The van der Waals surface area contributed by atoms with Gasteiger partial charge in [0.2, 0.25) is 10.0 Å². The highest BCUT2D eigenvalue weighted by molar-refractivity contribution is 7.89. The molecule has 172 valence electrons. The number of nitrogens with zero attached hydrogens (tertiary/aromatic N) is 1. The number of hydrogen-bond acceptors (Lipinski definition) is 7. The molecule has 0 heterocycles. The van der Waals surface area contributed by atoms with Crippen LogP contribution < -0.4 is 5.32 Å². The van der Waals surface area contributed by atoms with Crippen LogP contribution in [-0.2, 0) is 24.3 Å². The first-order chi connectivity index (χ1) is 15.1. The standard InChI is InChI=1S/C21H23FN2O7S/c1-4-24(5-2)32(28,29)18-12-14(10-11-16(18)22)20(26)31-13-19(25)23-17-9-7-6-8-15(17)21(27)30-3/h6-12H,4-5,13H2,1-3H3,(H,23,25).